The molecular weight excluding hydrogens is 184 g/mol. The van der Waals surface area contributed by atoms with Gasteiger partial charge in [-0.2, -0.15) is 11.3 Å². The predicted molar refractivity (Wildman–Crippen MR) is 54.6 cm³/mol. The van der Waals surface area contributed by atoms with E-state index in [1.807, 2.05) is 23.8 Å². The normalized spacial score (nSPS) is 11.4. The number of allylic oxidation sites excluding steroid dienone is 1. The Morgan fingerprint density at radius 1 is 1.69 bits per heavy atom. The number of hydrogen-bond acceptors (Lipinski definition) is 3. The van der Waals surface area contributed by atoms with E-state index >= 15 is 0 Å². The molecule has 1 heterocycles. The van der Waals surface area contributed by atoms with E-state index in [2.05, 4.69) is 0 Å². The van der Waals surface area contributed by atoms with Crippen LogP contribution < -0.4 is 0 Å². The van der Waals surface area contributed by atoms with Gasteiger partial charge in [-0.1, -0.05) is 0 Å². The van der Waals surface area contributed by atoms with E-state index in [4.69, 9.17) is 4.74 Å². The molecule has 3 heteroatoms. The number of carbonyl (C=O) groups excluding carboxylic acids is 1. The summed E-state index contributed by atoms with van der Waals surface area (Å²) in [6.45, 7) is 4.12. The zero-order chi connectivity index (χ0) is 9.68. The van der Waals surface area contributed by atoms with Crippen molar-refractivity contribution in [1.29, 1.82) is 0 Å². The van der Waals surface area contributed by atoms with Gasteiger partial charge >= 0.3 is 5.97 Å². The minimum Gasteiger partial charge on any atom is -0.463 e. The van der Waals surface area contributed by atoms with Crippen LogP contribution in [0.4, 0.5) is 0 Å². The smallest absolute Gasteiger partial charge is 0.331 e. The molecule has 1 aromatic heterocycles. The summed E-state index contributed by atoms with van der Waals surface area (Å²) >= 11 is 1.62. The number of hydrogen-bond donors (Lipinski definition) is 0. The van der Waals surface area contributed by atoms with Gasteiger partial charge in [0.05, 0.1) is 6.61 Å². The number of rotatable bonds is 3. The van der Waals surface area contributed by atoms with Gasteiger partial charge in [-0.25, -0.2) is 4.79 Å². The molecule has 0 spiro atoms. The maximum Gasteiger partial charge on any atom is 0.331 e. The summed E-state index contributed by atoms with van der Waals surface area (Å²) in [5, 5.41) is 3.99. The van der Waals surface area contributed by atoms with E-state index in [0.29, 0.717) is 6.61 Å². The second-order valence-corrected chi connectivity index (χ2v) is 3.37. The molecule has 0 amide bonds. The van der Waals surface area contributed by atoms with E-state index < -0.39 is 0 Å². The molecule has 0 radical (unpaired) electrons. The first-order chi connectivity index (χ1) is 6.24. The van der Waals surface area contributed by atoms with Crippen molar-refractivity contribution in [2.75, 3.05) is 6.61 Å². The van der Waals surface area contributed by atoms with E-state index in [0.717, 1.165) is 11.1 Å². The van der Waals surface area contributed by atoms with Gasteiger partial charge in [0, 0.05) is 6.08 Å². The van der Waals surface area contributed by atoms with Crippen LogP contribution in [0.25, 0.3) is 5.57 Å². The Kier molecular flexibility index (Phi) is 3.71. The quantitative estimate of drug-likeness (QED) is 0.549. The molecule has 0 aliphatic rings. The van der Waals surface area contributed by atoms with Crippen LogP contribution in [0.1, 0.15) is 19.4 Å². The van der Waals surface area contributed by atoms with Gasteiger partial charge in [-0.3, -0.25) is 0 Å². The molecule has 0 aliphatic carbocycles. The topological polar surface area (TPSA) is 26.3 Å². The van der Waals surface area contributed by atoms with Crippen LogP contribution in [0.15, 0.2) is 22.9 Å². The molecule has 1 aromatic rings. The van der Waals surface area contributed by atoms with Gasteiger partial charge in [-0.15, -0.1) is 0 Å². The number of esters is 1. The Balaban J connectivity index is 2.67. The molecule has 0 N–H and O–H groups in total. The highest BCUT2D eigenvalue weighted by molar-refractivity contribution is 7.08. The Morgan fingerprint density at radius 3 is 3.00 bits per heavy atom. The van der Waals surface area contributed by atoms with Crippen LogP contribution >= 0.6 is 11.3 Å². The van der Waals surface area contributed by atoms with Gasteiger partial charge in [-0.05, 0) is 41.8 Å². The molecule has 0 bridgehead atoms. The lowest BCUT2D eigenvalue weighted by molar-refractivity contribution is -0.137. The van der Waals surface area contributed by atoms with Crippen molar-refractivity contribution >= 4 is 22.9 Å². The van der Waals surface area contributed by atoms with Gasteiger partial charge in [0.25, 0.3) is 0 Å². The van der Waals surface area contributed by atoms with E-state index in [1.54, 1.807) is 18.3 Å². The highest BCUT2D eigenvalue weighted by Gasteiger charge is 2.00. The van der Waals surface area contributed by atoms with Crippen LogP contribution in [0.2, 0.25) is 0 Å². The number of thiophene rings is 1. The second kappa shape index (κ2) is 4.82. The lowest BCUT2D eigenvalue weighted by Crippen LogP contribution is -1.99. The Morgan fingerprint density at radius 2 is 2.46 bits per heavy atom. The largest absolute Gasteiger partial charge is 0.463 e. The molecule has 70 valence electrons. The fourth-order valence-electron chi connectivity index (χ4n) is 0.933. The van der Waals surface area contributed by atoms with Crippen LogP contribution in [0.5, 0.6) is 0 Å². The van der Waals surface area contributed by atoms with Crippen molar-refractivity contribution in [3.8, 4) is 0 Å². The van der Waals surface area contributed by atoms with Crippen molar-refractivity contribution < 1.29 is 9.53 Å². The third kappa shape index (κ3) is 3.03. The van der Waals surface area contributed by atoms with Crippen LogP contribution in [0, 0.1) is 0 Å². The molecule has 13 heavy (non-hydrogen) atoms. The first kappa shape index (κ1) is 9.99. The standard InChI is InChI=1S/C10H12O2S/c1-3-12-10(11)6-8(2)9-4-5-13-7-9/h4-7H,3H2,1-2H3/b8-6-. The third-order valence-corrected chi connectivity index (χ3v) is 2.28. The molecule has 0 unspecified atom stereocenters. The zero-order valence-electron chi connectivity index (χ0n) is 7.74. The second-order valence-electron chi connectivity index (χ2n) is 2.59. The van der Waals surface area contributed by atoms with Gasteiger partial charge in [0.2, 0.25) is 0 Å². The average Bonchev–Trinajstić information content (AvgIpc) is 2.55. The number of carbonyl (C=O) groups is 1. The third-order valence-electron chi connectivity index (χ3n) is 1.60. The molecule has 2 nitrogen and oxygen atoms in total. The van der Waals surface area contributed by atoms with Gasteiger partial charge in [0.1, 0.15) is 0 Å². The van der Waals surface area contributed by atoms with Crippen molar-refractivity contribution in [2.24, 2.45) is 0 Å². The van der Waals surface area contributed by atoms with Crippen molar-refractivity contribution in [1.82, 2.24) is 0 Å². The molecule has 1 rings (SSSR count). The Labute approximate surface area is 81.8 Å². The first-order valence-corrected chi connectivity index (χ1v) is 5.06. The van der Waals surface area contributed by atoms with E-state index in [-0.39, 0.29) is 5.97 Å². The minimum atomic E-state index is -0.272. The summed E-state index contributed by atoms with van der Waals surface area (Å²) in [7, 11) is 0. The monoisotopic (exact) mass is 196 g/mol. The minimum absolute atomic E-state index is 0.272. The molecule has 0 fully saturated rings. The summed E-state index contributed by atoms with van der Waals surface area (Å²) in [4.78, 5) is 11.1. The summed E-state index contributed by atoms with van der Waals surface area (Å²) in [5.74, 6) is -0.272. The molecule has 0 atom stereocenters. The van der Waals surface area contributed by atoms with Crippen molar-refractivity contribution in [3.05, 3.63) is 28.5 Å². The number of ether oxygens (including phenoxy) is 1. The molecule has 0 saturated heterocycles. The van der Waals surface area contributed by atoms with Gasteiger partial charge in [0.15, 0.2) is 0 Å². The van der Waals surface area contributed by atoms with Crippen LogP contribution in [-0.4, -0.2) is 12.6 Å². The highest BCUT2D eigenvalue weighted by Crippen LogP contribution is 2.16. The first-order valence-electron chi connectivity index (χ1n) is 4.11. The van der Waals surface area contributed by atoms with Crippen LogP contribution in [0.3, 0.4) is 0 Å². The lowest BCUT2D eigenvalue weighted by Gasteiger charge is -1.98. The van der Waals surface area contributed by atoms with Crippen molar-refractivity contribution in [3.63, 3.8) is 0 Å². The predicted octanol–water partition coefficient (Wildman–Crippen LogP) is 2.71. The summed E-state index contributed by atoms with van der Waals surface area (Å²) < 4.78 is 4.80. The Hall–Kier alpha value is -1.09. The molecular formula is C10H12O2S. The lowest BCUT2D eigenvalue weighted by atomic mass is 10.1. The Bertz CT molecular complexity index is 299. The fourth-order valence-corrected chi connectivity index (χ4v) is 1.65. The molecule has 0 aromatic carbocycles. The summed E-state index contributed by atoms with van der Waals surface area (Å²) in [5.41, 5.74) is 2.03. The van der Waals surface area contributed by atoms with Crippen LogP contribution in [-0.2, 0) is 9.53 Å². The maximum atomic E-state index is 11.1. The van der Waals surface area contributed by atoms with Gasteiger partial charge < -0.3 is 4.74 Å². The molecule has 0 saturated carbocycles. The van der Waals surface area contributed by atoms with E-state index in [9.17, 15) is 4.79 Å². The average molecular weight is 196 g/mol. The summed E-state index contributed by atoms with van der Waals surface area (Å²) in [6.07, 6.45) is 1.52. The molecule has 0 aliphatic heterocycles. The maximum absolute atomic E-state index is 11.1. The highest BCUT2D eigenvalue weighted by atomic mass is 32.1. The van der Waals surface area contributed by atoms with E-state index in [1.165, 1.54) is 6.08 Å². The van der Waals surface area contributed by atoms with Crippen molar-refractivity contribution in [2.45, 2.75) is 13.8 Å². The summed E-state index contributed by atoms with van der Waals surface area (Å²) in [6, 6.07) is 1.98. The SMILES string of the molecule is CCOC(=O)/C=C(/C)c1ccsc1. The zero-order valence-corrected chi connectivity index (χ0v) is 8.56. The fraction of sp³-hybridized carbons (Fsp3) is 0.300.